The Balaban J connectivity index is 2.80. The van der Waals surface area contributed by atoms with Crippen molar-refractivity contribution in [1.82, 2.24) is 5.32 Å². The number of hydrogen-bond donors (Lipinski definition) is 2. The van der Waals surface area contributed by atoms with Crippen LogP contribution in [0, 0.1) is 18.8 Å². The monoisotopic (exact) mass is 245 g/mol. The summed E-state index contributed by atoms with van der Waals surface area (Å²) in [4.78, 5) is 11.8. The van der Waals surface area contributed by atoms with Gasteiger partial charge in [-0.1, -0.05) is 31.3 Å². The number of benzene rings is 1. The number of amides is 1. The van der Waals surface area contributed by atoms with Gasteiger partial charge in [-0.3, -0.25) is 4.79 Å². The number of carbonyl (C=O) groups excluding carboxylic acids is 1. The molecule has 96 valence electrons. The van der Waals surface area contributed by atoms with E-state index in [0.29, 0.717) is 12.1 Å². The molecule has 0 saturated carbocycles. The van der Waals surface area contributed by atoms with Gasteiger partial charge in [-0.2, -0.15) is 0 Å². The van der Waals surface area contributed by atoms with Gasteiger partial charge >= 0.3 is 0 Å². The quantitative estimate of drug-likeness (QED) is 0.628. The molecule has 1 aromatic carbocycles. The second-order valence-electron chi connectivity index (χ2n) is 4.10. The van der Waals surface area contributed by atoms with E-state index >= 15 is 0 Å². The molecule has 3 heteroatoms. The Labute approximate surface area is 108 Å². The highest BCUT2D eigenvalue weighted by atomic mass is 16.2. The zero-order chi connectivity index (χ0) is 13.4. The van der Waals surface area contributed by atoms with E-state index in [1.165, 1.54) is 0 Å². The van der Waals surface area contributed by atoms with E-state index in [0.717, 1.165) is 24.0 Å². The molecule has 1 rings (SSSR count). The Bertz CT molecular complexity index is 469. The van der Waals surface area contributed by atoms with Crippen LogP contribution in [-0.4, -0.2) is 24.2 Å². The van der Waals surface area contributed by atoms with Crippen molar-refractivity contribution in [2.75, 3.05) is 13.2 Å². The molecular weight excluding hydrogens is 226 g/mol. The van der Waals surface area contributed by atoms with Crippen LogP contribution in [0.15, 0.2) is 18.2 Å². The van der Waals surface area contributed by atoms with Crippen molar-refractivity contribution in [3.05, 3.63) is 34.9 Å². The van der Waals surface area contributed by atoms with Gasteiger partial charge < -0.3 is 10.4 Å². The van der Waals surface area contributed by atoms with Crippen molar-refractivity contribution in [1.29, 1.82) is 0 Å². The third-order valence-corrected chi connectivity index (χ3v) is 2.62. The van der Waals surface area contributed by atoms with E-state index in [1.807, 2.05) is 13.0 Å². The molecule has 0 unspecified atom stereocenters. The first-order valence-corrected chi connectivity index (χ1v) is 6.17. The molecule has 0 aromatic heterocycles. The van der Waals surface area contributed by atoms with Gasteiger partial charge in [0.2, 0.25) is 0 Å². The Morgan fingerprint density at radius 1 is 1.44 bits per heavy atom. The van der Waals surface area contributed by atoms with Gasteiger partial charge in [0, 0.05) is 17.7 Å². The summed E-state index contributed by atoms with van der Waals surface area (Å²) in [6, 6.07) is 5.43. The summed E-state index contributed by atoms with van der Waals surface area (Å²) in [6.07, 6.45) is 2.04. The van der Waals surface area contributed by atoms with Crippen LogP contribution in [0.25, 0.3) is 0 Å². The fraction of sp³-hybridized carbons (Fsp3) is 0.400. The van der Waals surface area contributed by atoms with Crippen molar-refractivity contribution < 1.29 is 9.90 Å². The zero-order valence-electron chi connectivity index (χ0n) is 10.9. The van der Waals surface area contributed by atoms with Crippen molar-refractivity contribution >= 4 is 5.91 Å². The first-order valence-electron chi connectivity index (χ1n) is 6.17. The lowest BCUT2D eigenvalue weighted by molar-refractivity contribution is 0.0953. The second kappa shape index (κ2) is 7.52. The van der Waals surface area contributed by atoms with Crippen LogP contribution < -0.4 is 5.32 Å². The smallest absolute Gasteiger partial charge is 0.251 e. The van der Waals surface area contributed by atoms with Crippen molar-refractivity contribution in [2.24, 2.45) is 0 Å². The van der Waals surface area contributed by atoms with Crippen molar-refractivity contribution in [2.45, 2.75) is 26.7 Å². The molecule has 0 aliphatic heterocycles. The lowest BCUT2D eigenvalue weighted by atomic mass is 10.0. The number of nitrogens with one attached hydrogen (secondary N) is 1. The van der Waals surface area contributed by atoms with Crippen LogP contribution in [0.3, 0.4) is 0 Å². The molecule has 0 bridgehead atoms. The summed E-state index contributed by atoms with van der Waals surface area (Å²) in [5.41, 5.74) is 2.40. The second-order valence-corrected chi connectivity index (χ2v) is 4.10. The molecule has 3 nitrogen and oxygen atoms in total. The summed E-state index contributed by atoms with van der Waals surface area (Å²) in [6.45, 7) is 4.54. The van der Waals surface area contributed by atoms with Gasteiger partial charge in [0.05, 0.1) is 0 Å². The van der Waals surface area contributed by atoms with Gasteiger partial charge in [-0.05, 0) is 31.0 Å². The topological polar surface area (TPSA) is 49.3 Å². The normalized spacial score (nSPS) is 9.50. The standard InChI is InChI=1S/C15H19NO2/c1-3-4-9-16-15(18)14-8-7-12(2)13(11-14)6-5-10-17/h7-8,11,17H,3-4,9-10H2,1-2H3,(H,16,18). The number of aliphatic hydroxyl groups excluding tert-OH is 1. The summed E-state index contributed by atoms with van der Waals surface area (Å²) in [5, 5.41) is 11.6. The number of unbranched alkanes of at least 4 members (excludes halogenated alkanes) is 1. The number of carbonyl (C=O) groups is 1. The number of aryl methyl sites for hydroxylation is 1. The molecule has 0 atom stereocenters. The van der Waals surface area contributed by atoms with Gasteiger partial charge in [0.1, 0.15) is 6.61 Å². The fourth-order valence-electron chi connectivity index (χ4n) is 1.51. The first-order chi connectivity index (χ1) is 8.69. The lowest BCUT2D eigenvalue weighted by Gasteiger charge is -2.06. The molecule has 0 radical (unpaired) electrons. The van der Waals surface area contributed by atoms with Crippen LogP contribution in [0.2, 0.25) is 0 Å². The van der Waals surface area contributed by atoms with Crippen LogP contribution in [0.5, 0.6) is 0 Å². The Hall–Kier alpha value is -1.79. The molecule has 0 saturated heterocycles. The average Bonchev–Trinajstić information content (AvgIpc) is 2.38. The minimum Gasteiger partial charge on any atom is -0.384 e. The Morgan fingerprint density at radius 2 is 2.22 bits per heavy atom. The van der Waals surface area contributed by atoms with E-state index in [1.54, 1.807) is 12.1 Å². The van der Waals surface area contributed by atoms with E-state index < -0.39 is 0 Å². The van der Waals surface area contributed by atoms with Gasteiger partial charge in [0.25, 0.3) is 5.91 Å². The summed E-state index contributed by atoms with van der Waals surface area (Å²) < 4.78 is 0. The minimum absolute atomic E-state index is 0.0736. The molecule has 0 fully saturated rings. The fourth-order valence-corrected chi connectivity index (χ4v) is 1.51. The number of aliphatic hydroxyl groups is 1. The van der Waals surface area contributed by atoms with E-state index in [9.17, 15) is 4.79 Å². The molecule has 2 N–H and O–H groups in total. The zero-order valence-corrected chi connectivity index (χ0v) is 10.9. The third-order valence-electron chi connectivity index (χ3n) is 2.62. The lowest BCUT2D eigenvalue weighted by Crippen LogP contribution is -2.24. The third kappa shape index (κ3) is 4.23. The highest BCUT2D eigenvalue weighted by Gasteiger charge is 2.06. The maximum atomic E-state index is 11.8. The van der Waals surface area contributed by atoms with E-state index in [2.05, 4.69) is 24.1 Å². The summed E-state index contributed by atoms with van der Waals surface area (Å²) in [5.74, 6) is 5.37. The Morgan fingerprint density at radius 3 is 2.89 bits per heavy atom. The summed E-state index contributed by atoms with van der Waals surface area (Å²) in [7, 11) is 0. The number of rotatable bonds is 4. The van der Waals surface area contributed by atoms with Gasteiger partial charge in [0.15, 0.2) is 0 Å². The number of hydrogen-bond acceptors (Lipinski definition) is 2. The molecule has 1 amide bonds. The molecular formula is C15H19NO2. The average molecular weight is 245 g/mol. The minimum atomic E-state index is -0.174. The van der Waals surface area contributed by atoms with E-state index in [4.69, 9.17) is 5.11 Å². The molecule has 0 spiro atoms. The molecule has 1 aromatic rings. The highest BCUT2D eigenvalue weighted by molar-refractivity contribution is 5.94. The van der Waals surface area contributed by atoms with E-state index in [-0.39, 0.29) is 12.5 Å². The predicted molar refractivity (Wildman–Crippen MR) is 72.4 cm³/mol. The summed E-state index contributed by atoms with van der Waals surface area (Å²) >= 11 is 0. The van der Waals surface area contributed by atoms with Gasteiger partial charge in [-0.15, -0.1) is 0 Å². The maximum Gasteiger partial charge on any atom is 0.251 e. The Kier molecular flexibility index (Phi) is 5.96. The SMILES string of the molecule is CCCCNC(=O)c1ccc(C)c(C#CCO)c1. The molecule has 0 aliphatic carbocycles. The molecule has 18 heavy (non-hydrogen) atoms. The van der Waals surface area contributed by atoms with Crippen LogP contribution in [-0.2, 0) is 0 Å². The molecule has 0 heterocycles. The molecule has 0 aliphatic rings. The van der Waals surface area contributed by atoms with Crippen LogP contribution in [0.4, 0.5) is 0 Å². The van der Waals surface area contributed by atoms with Crippen LogP contribution >= 0.6 is 0 Å². The highest BCUT2D eigenvalue weighted by Crippen LogP contribution is 2.10. The first kappa shape index (κ1) is 14.3. The predicted octanol–water partition coefficient (Wildman–Crippen LogP) is 1.87. The van der Waals surface area contributed by atoms with Crippen molar-refractivity contribution in [3.8, 4) is 11.8 Å². The van der Waals surface area contributed by atoms with Gasteiger partial charge in [-0.25, -0.2) is 0 Å². The van der Waals surface area contributed by atoms with Crippen LogP contribution in [0.1, 0.15) is 41.3 Å². The van der Waals surface area contributed by atoms with Crippen molar-refractivity contribution in [3.63, 3.8) is 0 Å². The maximum absolute atomic E-state index is 11.8. The largest absolute Gasteiger partial charge is 0.384 e.